The minimum atomic E-state index is -0.689. The van der Waals surface area contributed by atoms with E-state index in [9.17, 15) is 9.59 Å². The van der Waals surface area contributed by atoms with E-state index < -0.39 is 5.54 Å². The molecule has 4 heteroatoms. The minimum Gasteiger partial charge on any atom is -0.318 e. The van der Waals surface area contributed by atoms with Crippen molar-refractivity contribution in [2.45, 2.75) is 19.4 Å². The summed E-state index contributed by atoms with van der Waals surface area (Å²) in [7, 11) is 0. The monoisotopic (exact) mass is 156 g/mol. The first-order valence-electron chi connectivity index (χ1n) is 3.15. The van der Waals surface area contributed by atoms with Crippen LogP contribution < -0.4 is 10.9 Å². The van der Waals surface area contributed by atoms with E-state index in [-0.39, 0.29) is 5.70 Å². The molecule has 0 aliphatic rings. The number of nitrogens with one attached hydrogen (secondary N) is 2. The number of carbonyl (C=O) groups excluding carboxylic acids is 2. The van der Waals surface area contributed by atoms with E-state index >= 15 is 0 Å². The first kappa shape index (κ1) is 9.84. The predicted molar refractivity (Wildman–Crippen MR) is 41.6 cm³/mol. The molecule has 0 heterocycles. The molecule has 0 saturated carbocycles. The average Bonchev–Trinajstić information content (AvgIpc) is 2.00. The number of allylic oxidation sites excluding steroid dienone is 1. The molecule has 62 valence electrons. The smallest absolute Gasteiger partial charge is 0.166 e. The van der Waals surface area contributed by atoms with E-state index in [0.717, 1.165) is 6.29 Å². The van der Waals surface area contributed by atoms with Crippen LogP contribution in [0.2, 0.25) is 0 Å². The summed E-state index contributed by atoms with van der Waals surface area (Å²) in [5, 5.41) is 0. The van der Waals surface area contributed by atoms with Gasteiger partial charge in [0.1, 0.15) is 6.29 Å². The number of rotatable bonds is 5. The summed E-state index contributed by atoms with van der Waals surface area (Å²) in [4.78, 5) is 20.3. The lowest BCUT2D eigenvalue weighted by molar-refractivity contribution is -0.113. The lowest BCUT2D eigenvalue weighted by Gasteiger charge is -2.19. The molecule has 0 amide bonds. The van der Waals surface area contributed by atoms with E-state index in [0.29, 0.717) is 6.29 Å². The molecule has 0 aromatic heterocycles. The maximum atomic E-state index is 10.3. The fourth-order valence-electron chi connectivity index (χ4n) is 0.300. The summed E-state index contributed by atoms with van der Waals surface area (Å²) in [6.07, 6.45) is 1.30. The molecule has 0 aliphatic carbocycles. The molecule has 0 atom stereocenters. The topological polar surface area (TPSA) is 58.2 Å². The molecule has 11 heavy (non-hydrogen) atoms. The molecule has 0 bridgehead atoms. The van der Waals surface area contributed by atoms with Gasteiger partial charge >= 0.3 is 0 Å². The Kier molecular flexibility index (Phi) is 3.47. The molecular weight excluding hydrogens is 144 g/mol. The number of hydrogen-bond acceptors (Lipinski definition) is 4. The Labute approximate surface area is 65.6 Å². The summed E-state index contributed by atoms with van der Waals surface area (Å²) in [5.41, 5.74) is 4.60. The maximum absolute atomic E-state index is 10.3. The average molecular weight is 156 g/mol. The third kappa shape index (κ3) is 4.27. The van der Waals surface area contributed by atoms with Gasteiger partial charge in [0.2, 0.25) is 0 Å². The van der Waals surface area contributed by atoms with Gasteiger partial charge in [-0.2, -0.15) is 0 Å². The quantitative estimate of drug-likeness (QED) is 0.328. The number of hydrazine groups is 1. The van der Waals surface area contributed by atoms with Crippen molar-refractivity contribution in [3.8, 4) is 0 Å². The van der Waals surface area contributed by atoms with Crippen molar-refractivity contribution in [1.29, 1.82) is 0 Å². The third-order valence-electron chi connectivity index (χ3n) is 0.982. The van der Waals surface area contributed by atoms with Gasteiger partial charge in [-0.15, -0.1) is 0 Å². The molecular formula is C7H12N2O2. The Morgan fingerprint density at radius 2 is 2.00 bits per heavy atom. The molecule has 4 nitrogen and oxygen atoms in total. The second-order valence-corrected chi connectivity index (χ2v) is 2.73. The number of aldehydes is 2. The van der Waals surface area contributed by atoms with Crippen LogP contribution in [0.15, 0.2) is 12.3 Å². The second-order valence-electron chi connectivity index (χ2n) is 2.73. The van der Waals surface area contributed by atoms with Gasteiger partial charge in [0.15, 0.2) is 6.29 Å². The number of carbonyl (C=O) groups is 2. The molecule has 0 saturated heterocycles. The summed E-state index contributed by atoms with van der Waals surface area (Å²) in [6, 6.07) is 0. The van der Waals surface area contributed by atoms with E-state index in [1.54, 1.807) is 13.8 Å². The van der Waals surface area contributed by atoms with Crippen molar-refractivity contribution in [2.24, 2.45) is 0 Å². The molecule has 0 aromatic rings. The minimum absolute atomic E-state index is 0.194. The van der Waals surface area contributed by atoms with Crippen LogP contribution in [0.25, 0.3) is 0 Å². The van der Waals surface area contributed by atoms with Gasteiger partial charge in [0.25, 0.3) is 0 Å². The van der Waals surface area contributed by atoms with Crippen molar-refractivity contribution in [1.82, 2.24) is 10.9 Å². The summed E-state index contributed by atoms with van der Waals surface area (Å²) < 4.78 is 0. The summed E-state index contributed by atoms with van der Waals surface area (Å²) >= 11 is 0. The highest BCUT2D eigenvalue weighted by atomic mass is 16.1. The van der Waals surface area contributed by atoms with Crippen molar-refractivity contribution in [3.05, 3.63) is 12.3 Å². The SMILES string of the molecule is C=C(C=O)NNC(C)(C)C=O. The van der Waals surface area contributed by atoms with Gasteiger partial charge in [-0.05, 0) is 13.8 Å². The number of hydrogen-bond donors (Lipinski definition) is 2. The van der Waals surface area contributed by atoms with Crippen molar-refractivity contribution < 1.29 is 9.59 Å². The van der Waals surface area contributed by atoms with Crippen LogP contribution in [-0.2, 0) is 9.59 Å². The molecule has 0 unspecified atom stereocenters. The lowest BCUT2D eigenvalue weighted by Crippen LogP contribution is -2.48. The van der Waals surface area contributed by atoms with Crippen molar-refractivity contribution in [3.63, 3.8) is 0 Å². The largest absolute Gasteiger partial charge is 0.318 e. The summed E-state index contributed by atoms with van der Waals surface area (Å²) in [6.45, 7) is 6.70. The van der Waals surface area contributed by atoms with Crippen LogP contribution in [0, 0.1) is 0 Å². The lowest BCUT2D eigenvalue weighted by atomic mass is 10.1. The zero-order valence-electron chi connectivity index (χ0n) is 6.68. The molecule has 0 radical (unpaired) electrons. The van der Waals surface area contributed by atoms with Gasteiger partial charge in [-0.3, -0.25) is 4.79 Å². The van der Waals surface area contributed by atoms with Crippen LogP contribution in [-0.4, -0.2) is 18.1 Å². The van der Waals surface area contributed by atoms with Crippen LogP contribution >= 0.6 is 0 Å². The highest BCUT2D eigenvalue weighted by molar-refractivity contribution is 5.71. The fourth-order valence-corrected chi connectivity index (χ4v) is 0.300. The van der Waals surface area contributed by atoms with Gasteiger partial charge < -0.3 is 10.2 Å². The summed E-state index contributed by atoms with van der Waals surface area (Å²) in [5.74, 6) is 0. The molecule has 0 spiro atoms. The van der Waals surface area contributed by atoms with Crippen molar-refractivity contribution in [2.75, 3.05) is 0 Å². The zero-order chi connectivity index (χ0) is 8.91. The Balaban J connectivity index is 3.78. The van der Waals surface area contributed by atoms with E-state index in [1.807, 2.05) is 0 Å². The fraction of sp³-hybridized carbons (Fsp3) is 0.429. The standard InChI is InChI=1S/C7H12N2O2/c1-6(4-10)8-9-7(2,3)5-11/h4-5,8-9H,1H2,2-3H3. The predicted octanol–water partition coefficient (Wildman–Crippen LogP) is -0.229. The molecule has 2 N–H and O–H groups in total. The molecule has 0 rings (SSSR count). The van der Waals surface area contributed by atoms with Crippen LogP contribution in [0.3, 0.4) is 0 Å². The molecule has 0 aromatic carbocycles. The Morgan fingerprint density at radius 3 is 2.36 bits per heavy atom. The van der Waals surface area contributed by atoms with Crippen LogP contribution in [0.4, 0.5) is 0 Å². The van der Waals surface area contributed by atoms with Crippen LogP contribution in [0.1, 0.15) is 13.8 Å². The van der Waals surface area contributed by atoms with Crippen LogP contribution in [0.5, 0.6) is 0 Å². The first-order valence-corrected chi connectivity index (χ1v) is 3.15. The van der Waals surface area contributed by atoms with E-state index in [2.05, 4.69) is 17.4 Å². The maximum Gasteiger partial charge on any atom is 0.166 e. The Hall–Kier alpha value is -1.16. The van der Waals surface area contributed by atoms with E-state index in [1.165, 1.54) is 0 Å². The third-order valence-corrected chi connectivity index (χ3v) is 0.982. The highest BCUT2D eigenvalue weighted by Gasteiger charge is 2.14. The zero-order valence-corrected chi connectivity index (χ0v) is 6.68. The Morgan fingerprint density at radius 1 is 1.45 bits per heavy atom. The van der Waals surface area contributed by atoms with Crippen molar-refractivity contribution >= 4 is 12.6 Å². The van der Waals surface area contributed by atoms with Gasteiger partial charge in [-0.25, -0.2) is 5.43 Å². The van der Waals surface area contributed by atoms with Gasteiger partial charge in [0.05, 0.1) is 11.2 Å². The Bertz CT molecular complexity index is 175. The van der Waals surface area contributed by atoms with Gasteiger partial charge in [0, 0.05) is 0 Å². The normalized spacial score (nSPS) is 10.4. The molecule has 0 fully saturated rings. The second kappa shape index (κ2) is 3.88. The van der Waals surface area contributed by atoms with E-state index in [4.69, 9.17) is 0 Å². The molecule has 0 aliphatic heterocycles. The first-order chi connectivity index (χ1) is 5.02. The highest BCUT2D eigenvalue weighted by Crippen LogP contribution is 1.93. The van der Waals surface area contributed by atoms with Gasteiger partial charge in [-0.1, -0.05) is 6.58 Å².